The Bertz CT molecular complexity index is 1460. The number of anilines is 1. The van der Waals surface area contributed by atoms with Crippen LogP contribution in [0.1, 0.15) is 31.7 Å². The number of carbonyl (C=O) groups is 1. The van der Waals surface area contributed by atoms with Gasteiger partial charge in [-0.15, -0.1) is 0 Å². The number of likely N-dealkylation sites (tertiary alicyclic amines) is 1. The number of pyridine rings is 1. The first-order valence-electron chi connectivity index (χ1n) is 12.4. The summed E-state index contributed by atoms with van der Waals surface area (Å²) < 4.78 is 1.99. The van der Waals surface area contributed by atoms with Crippen molar-refractivity contribution in [3.8, 4) is 22.5 Å². The number of aromatic nitrogens is 5. The third-order valence-corrected chi connectivity index (χ3v) is 7.02. The maximum Gasteiger partial charge on any atom is 0.240 e. The molecule has 4 N–H and O–H groups in total. The van der Waals surface area contributed by atoms with Crippen molar-refractivity contribution >= 4 is 28.5 Å². The van der Waals surface area contributed by atoms with Crippen molar-refractivity contribution in [2.75, 3.05) is 25.4 Å². The second-order valence-electron chi connectivity index (χ2n) is 9.65. The fourth-order valence-electron chi connectivity index (χ4n) is 5.00. The van der Waals surface area contributed by atoms with Crippen molar-refractivity contribution in [3.05, 3.63) is 48.4 Å². The Labute approximate surface area is 208 Å². The van der Waals surface area contributed by atoms with Gasteiger partial charge in [-0.25, -0.2) is 15.4 Å². The summed E-state index contributed by atoms with van der Waals surface area (Å²) in [4.78, 5) is 26.7. The van der Waals surface area contributed by atoms with E-state index in [4.69, 9.17) is 10.7 Å². The van der Waals surface area contributed by atoms with Crippen molar-refractivity contribution in [3.63, 3.8) is 0 Å². The first-order chi connectivity index (χ1) is 17.5. The van der Waals surface area contributed by atoms with E-state index in [-0.39, 0.29) is 11.8 Å². The van der Waals surface area contributed by atoms with E-state index in [9.17, 15) is 4.79 Å². The molecule has 0 saturated carbocycles. The molecule has 2 aliphatic heterocycles. The summed E-state index contributed by atoms with van der Waals surface area (Å²) >= 11 is 0. The van der Waals surface area contributed by atoms with E-state index in [0.717, 1.165) is 52.1 Å². The molecule has 10 heteroatoms. The Morgan fingerprint density at radius 1 is 1.08 bits per heavy atom. The largest absolute Gasteiger partial charge is 0.383 e. The lowest BCUT2D eigenvalue weighted by molar-refractivity contribution is -0.121. The number of H-pyrrole nitrogens is 1. The predicted molar refractivity (Wildman–Crippen MR) is 139 cm³/mol. The number of imidazole rings is 1. The average molecular weight is 484 g/mol. The first-order valence-corrected chi connectivity index (χ1v) is 12.4. The van der Waals surface area contributed by atoms with Gasteiger partial charge in [0, 0.05) is 48.0 Å². The molecular formula is C26H29N9O. The number of carbonyl (C=O) groups excluding carboxylic acids is 1. The lowest BCUT2D eigenvalue weighted by atomic mass is 9.94. The standard InChI is InChI=1S/C26H29N9O/c1-16-10-23(36)32-33-24(16)17-4-5-21-22(12-17)31-26(30-21)20-11-18(13-28-25(20)27)19-14-29-35(15-19)9-8-34-6-2-3-7-34/h4-5,11-16H,2-3,6-10H2,1H3,(H2,27,28)(H,30,31)(H,32,36). The van der Waals surface area contributed by atoms with Gasteiger partial charge in [0.05, 0.1) is 35.1 Å². The Morgan fingerprint density at radius 2 is 1.94 bits per heavy atom. The van der Waals surface area contributed by atoms with Gasteiger partial charge in [-0.05, 0) is 44.1 Å². The molecule has 1 atom stereocenters. The minimum Gasteiger partial charge on any atom is -0.383 e. The molecule has 2 aliphatic rings. The van der Waals surface area contributed by atoms with Crippen LogP contribution in [-0.2, 0) is 11.3 Å². The maximum atomic E-state index is 11.6. The van der Waals surface area contributed by atoms with E-state index in [1.54, 1.807) is 6.20 Å². The smallest absolute Gasteiger partial charge is 0.240 e. The van der Waals surface area contributed by atoms with Gasteiger partial charge < -0.3 is 15.6 Å². The number of nitrogens with zero attached hydrogens (tertiary/aromatic N) is 6. The number of hydrogen-bond acceptors (Lipinski definition) is 7. The van der Waals surface area contributed by atoms with E-state index in [2.05, 4.69) is 36.7 Å². The number of benzene rings is 1. The van der Waals surface area contributed by atoms with Crippen LogP contribution in [0.3, 0.4) is 0 Å². The zero-order chi connectivity index (χ0) is 24.6. The molecule has 1 amide bonds. The number of nitrogens with two attached hydrogens (primary N) is 1. The lowest BCUT2D eigenvalue weighted by Gasteiger charge is -2.18. The molecule has 0 bridgehead atoms. The highest BCUT2D eigenvalue weighted by molar-refractivity contribution is 6.07. The van der Waals surface area contributed by atoms with Crippen LogP contribution in [0.4, 0.5) is 5.82 Å². The monoisotopic (exact) mass is 483 g/mol. The van der Waals surface area contributed by atoms with Crippen molar-refractivity contribution in [1.82, 2.24) is 35.1 Å². The summed E-state index contributed by atoms with van der Waals surface area (Å²) in [5.41, 5.74) is 15.0. The predicted octanol–water partition coefficient (Wildman–Crippen LogP) is 3.03. The highest BCUT2D eigenvalue weighted by Crippen LogP contribution is 2.30. The van der Waals surface area contributed by atoms with Crippen LogP contribution in [0.5, 0.6) is 0 Å². The molecule has 1 fully saturated rings. The Balaban J connectivity index is 1.26. The molecular weight excluding hydrogens is 454 g/mol. The molecule has 4 aromatic rings. The number of aromatic amines is 1. The summed E-state index contributed by atoms with van der Waals surface area (Å²) in [5, 5.41) is 8.82. The highest BCUT2D eigenvalue weighted by atomic mass is 16.2. The Morgan fingerprint density at radius 3 is 2.78 bits per heavy atom. The summed E-state index contributed by atoms with van der Waals surface area (Å²) in [6.45, 7) is 6.26. The molecule has 3 aromatic heterocycles. The molecule has 5 heterocycles. The minimum absolute atomic E-state index is 0.0439. The zero-order valence-corrected chi connectivity index (χ0v) is 20.2. The van der Waals surface area contributed by atoms with Crippen LogP contribution < -0.4 is 11.2 Å². The van der Waals surface area contributed by atoms with Crippen LogP contribution in [0.25, 0.3) is 33.5 Å². The second-order valence-corrected chi connectivity index (χ2v) is 9.65. The Kier molecular flexibility index (Phi) is 5.73. The van der Waals surface area contributed by atoms with E-state index >= 15 is 0 Å². The minimum atomic E-state index is -0.0608. The molecule has 0 radical (unpaired) electrons. The fraction of sp³-hybridized carbons (Fsp3) is 0.346. The fourth-order valence-corrected chi connectivity index (χ4v) is 5.00. The quantitative estimate of drug-likeness (QED) is 0.386. The molecule has 1 saturated heterocycles. The molecule has 10 nitrogen and oxygen atoms in total. The maximum absolute atomic E-state index is 11.6. The number of hydrazone groups is 1. The van der Waals surface area contributed by atoms with Gasteiger partial charge in [0.2, 0.25) is 5.91 Å². The molecule has 0 spiro atoms. The van der Waals surface area contributed by atoms with Crippen molar-refractivity contribution < 1.29 is 4.79 Å². The SMILES string of the molecule is CC1CC(=O)NN=C1c1ccc2[nH]c(-c3cc(-c4cnn(CCN5CCCC5)c4)cnc3N)nc2c1. The van der Waals surface area contributed by atoms with Crippen LogP contribution in [0.2, 0.25) is 0 Å². The summed E-state index contributed by atoms with van der Waals surface area (Å²) in [6.07, 6.45) is 8.71. The van der Waals surface area contributed by atoms with Gasteiger partial charge >= 0.3 is 0 Å². The topological polar surface area (TPSA) is 130 Å². The molecule has 1 aromatic carbocycles. The number of fused-ring (bicyclic) bond motifs is 1. The Hall–Kier alpha value is -4.05. The molecule has 1 unspecified atom stereocenters. The van der Waals surface area contributed by atoms with Crippen molar-refractivity contribution in [2.24, 2.45) is 11.0 Å². The second kappa shape index (κ2) is 9.19. The van der Waals surface area contributed by atoms with Gasteiger partial charge in [-0.2, -0.15) is 10.2 Å². The lowest BCUT2D eigenvalue weighted by Crippen LogP contribution is -2.31. The molecule has 184 valence electrons. The number of nitrogens with one attached hydrogen (secondary N) is 2. The van der Waals surface area contributed by atoms with E-state index in [1.807, 2.05) is 42.1 Å². The summed E-state index contributed by atoms with van der Waals surface area (Å²) in [5.74, 6) is 1.05. The third-order valence-electron chi connectivity index (χ3n) is 7.02. The van der Waals surface area contributed by atoms with Crippen LogP contribution >= 0.6 is 0 Å². The molecule has 36 heavy (non-hydrogen) atoms. The van der Waals surface area contributed by atoms with Gasteiger partial charge in [0.1, 0.15) is 11.6 Å². The van der Waals surface area contributed by atoms with E-state index in [0.29, 0.717) is 18.1 Å². The van der Waals surface area contributed by atoms with E-state index < -0.39 is 0 Å². The van der Waals surface area contributed by atoms with Gasteiger partial charge in [-0.3, -0.25) is 9.48 Å². The average Bonchev–Trinajstić information content (AvgIpc) is 3.63. The zero-order valence-electron chi connectivity index (χ0n) is 20.2. The first kappa shape index (κ1) is 22.4. The number of hydrogen-bond donors (Lipinski definition) is 3. The van der Waals surface area contributed by atoms with Crippen LogP contribution in [0.15, 0.2) is 48.0 Å². The molecule has 0 aliphatic carbocycles. The van der Waals surface area contributed by atoms with E-state index in [1.165, 1.54) is 25.9 Å². The number of rotatable bonds is 6. The highest BCUT2D eigenvalue weighted by Gasteiger charge is 2.22. The van der Waals surface area contributed by atoms with Crippen molar-refractivity contribution in [1.29, 1.82) is 0 Å². The number of amides is 1. The summed E-state index contributed by atoms with van der Waals surface area (Å²) in [7, 11) is 0. The molecule has 6 rings (SSSR count). The third kappa shape index (κ3) is 4.35. The van der Waals surface area contributed by atoms with Gasteiger partial charge in [0.25, 0.3) is 0 Å². The van der Waals surface area contributed by atoms with Crippen molar-refractivity contribution in [2.45, 2.75) is 32.7 Å². The van der Waals surface area contributed by atoms with Gasteiger partial charge in [0.15, 0.2) is 0 Å². The van der Waals surface area contributed by atoms with Crippen LogP contribution in [-0.4, -0.2) is 60.9 Å². The normalized spacial score (nSPS) is 18.5. The number of nitrogen functional groups attached to an aromatic ring is 1. The van der Waals surface area contributed by atoms with Gasteiger partial charge in [-0.1, -0.05) is 13.0 Å². The summed E-state index contributed by atoms with van der Waals surface area (Å²) in [6, 6.07) is 7.96. The van der Waals surface area contributed by atoms with Crippen LogP contribution in [0, 0.1) is 5.92 Å².